The number of nitro groups is 1. The number of nitrogens with zero attached hydrogens (tertiary/aromatic N) is 1. The monoisotopic (exact) mass is 246 g/mol. The average Bonchev–Trinajstić information content (AvgIpc) is 2.18. The Morgan fingerprint density at radius 1 is 1.56 bits per heavy atom. The van der Waals surface area contributed by atoms with Crippen molar-refractivity contribution in [3.8, 4) is 5.75 Å². The van der Waals surface area contributed by atoms with E-state index in [0.717, 1.165) is 12.8 Å². The molecule has 0 amide bonds. The van der Waals surface area contributed by atoms with Crippen LogP contribution >= 0.6 is 12.4 Å². The summed E-state index contributed by atoms with van der Waals surface area (Å²) < 4.78 is 0. The standard InChI is InChI=1S/C10H14N2O3.ClH/c1-2-3-8(11)7-4-5-10(13)9(6-7)12(14)15;/h4-6,8,13H,2-3,11H2,1H3;1H/t8-;/m0./s1. The molecule has 0 heterocycles. The molecule has 0 unspecified atom stereocenters. The van der Waals surface area contributed by atoms with Crippen LogP contribution in [0.2, 0.25) is 0 Å². The summed E-state index contributed by atoms with van der Waals surface area (Å²) in [5, 5.41) is 19.8. The number of phenols is 1. The number of rotatable bonds is 4. The van der Waals surface area contributed by atoms with Gasteiger partial charge in [-0.05, 0) is 18.1 Å². The van der Waals surface area contributed by atoms with E-state index in [1.54, 1.807) is 6.07 Å². The van der Waals surface area contributed by atoms with Gasteiger partial charge in [0.1, 0.15) is 0 Å². The summed E-state index contributed by atoms with van der Waals surface area (Å²) in [6.45, 7) is 1.99. The van der Waals surface area contributed by atoms with Crippen LogP contribution in [0.3, 0.4) is 0 Å². The first-order chi connectivity index (χ1) is 7.06. The minimum Gasteiger partial charge on any atom is -0.502 e. The topological polar surface area (TPSA) is 89.4 Å². The van der Waals surface area contributed by atoms with Crippen molar-refractivity contribution < 1.29 is 10.0 Å². The minimum absolute atomic E-state index is 0. The first kappa shape index (κ1) is 14.7. The van der Waals surface area contributed by atoms with E-state index in [1.165, 1.54) is 12.1 Å². The first-order valence-corrected chi connectivity index (χ1v) is 4.79. The predicted octanol–water partition coefficient (Wildman–Crippen LogP) is 2.52. The summed E-state index contributed by atoms with van der Waals surface area (Å²) in [6.07, 6.45) is 1.68. The lowest BCUT2D eigenvalue weighted by Gasteiger charge is -2.10. The van der Waals surface area contributed by atoms with Crippen LogP contribution in [0.4, 0.5) is 5.69 Å². The molecule has 0 bridgehead atoms. The number of aromatic hydroxyl groups is 1. The number of benzene rings is 1. The summed E-state index contributed by atoms with van der Waals surface area (Å²) in [4.78, 5) is 9.95. The van der Waals surface area contributed by atoms with Crippen LogP contribution in [0.5, 0.6) is 5.75 Å². The van der Waals surface area contributed by atoms with Crippen molar-refractivity contribution in [3.63, 3.8) is 0 Å². The summed E-state index contributed by atoms with van der Waals surface area (Å²) in [6, 6.07) is 4.04. The fraction of sp³-hybridized carbons (Fsp3) is 0.400. The highest BCUT2D eigenvalue weighted by Gasteiger charge is 2.15. The SMILES string of the molecule is CCC[C@H](N)c1ccc(O)c([N+](=O)[O-])c1.Cl. The second kappa shape index (κ2) is 6.30. The number of phenolic OH excluding ortho intramolecular Hbond substituents is 1. The van der Waals surface area contributed by atoms with Crippen LogP contribution in [-0.4, -0.2) is 10.0 Å². The van der Waals surface area contributed by atoms with Crippen molar-refractivity contribution in [1.29, 1.82) is 0 Å². The molecule has 0 aliphatic carbocycles. The lowest BCUT2D eigenvalue weighted by atomic mass is 10.0. The van der Waals surface area contributed by atoms with E-state index in [0.29, 0.717) is 5.56 Å². The van der Waals surface area contributed by atoms with Crippen molar-refractivity contribution in [3.05, 3.63) is 33.9 Å². The van der Waals surface area contributed by atoms with Gasteiger partial charge in [-0.1, -0.05) is 19.4 Å². The Kier molecular flexibility index (Phi) is 5.77. The molecule has 1 aromatic carbocycles. The average molecular weight is 247 g/mol. The van der Waals surface area contributed by atoms with E-state index in [-0.39, 0.29) is 29.9 Å². The molecule has 5 nitrogen and oxygen atoms in total. The van der Waals surface area contributed by atoms with E-state index >= 15 is 0 Å². The molecule has 0 aromatic heterocycles. The minimum atomic E-state index is -0.614. The molecule has 1 atom stereocenters. The molecule has 90 valence electrons. The summed E-state index contributed by atoms with van der Waals surface area (Å²) >= 11 is 0. The van der Waals surface area contributed by atoms with Gasteiger partial charge in [0, 0.05) is 12.1 Å². The highest BCUT2D eigenvalue weighted by molar-refractivity contribution is 5.85. The smallest absolute Gasteiger partial charge is 0.311 e. The molecule has 16 heavy (non-hydrogen) atoms. The number of nitrogens with two attached hydrogens (primary N) is 1. The third kappa shape index (κ3) is 3.36. The molecule has 0 saturated heterocycles. The zero-order valence-corrected chi connectivity index (χ0v) is 9.74. The van der Waals surface area contributed by atoms with Crippen molar-refractivity contribution in [2.45, 2.75) is 25.8 Å². The highest BCUT2D eigenvalue weighted by atomic mass is 35.5. The second-order valence-electron chi connectivity index (χ2n) is 3.40. The maximum Gasteiger partial charge on any atom is 0.311 e. The van der Waals surface area contributed by atoms with Gasteiger partial charge < -0.3 is 10.8 Å². The maximum atomic E-state index is 10.6. The van der Waals surface area contributed by atoms with Crippen LogP contribution in [0.25, 0.3) is 0 Å². The number of halogens is 1. The fourth-order valence-electron chi connectivity index (χ4n) is 1.40. The van der Waals surface area contributed by atoms with Crippen molar-refractivity contribution in [2.24, 2.45) is 5.73 Å². The first-order valence-electron chi connectivity index (χ1n) is 4.79. The molecular weight excluding hydrogens is 232 g/mol. The molecule has 0 spiro atoms. The molecule has 0 fully saturated rings. The van der Waals surface area contributed by atoms with Gasteiger partial charge in [0.25, 0.3) is 0 Å². The molecule has 0 saturated carbocycles. The van der Waals surface area contributed by atoms with Crippen LogP contribution in [-0.2, 0) is 0 Å². The van der Waals surface area contributed by atoms with E-state index in [1.807, 2.05) is 6.92 Å². The van der Waals surface area contributed by atoms with Gasteiger partial charge >= 0.3 is 5.69 Å². The van der Waals surface area contributed by atoms with Crippen LogP contribution in [0, 0.1) is 10.1 Å². The molecule has 1 rings (SSSR count). The maximum absolute atomic E-state index is 10.6. The zero-order chi connectivity index (χ0) is 11.4. The van der Waals surface area contributed by atoms with Gasteiger partial charge in [-0.3, -0.25) is 10.1 Å². The van der Waals surface area contributed by atoms with Gasteiger partial charge in [0.2, 0.25) is 0 Å². The largest absolute Gasteiger partial charge is 0.502 e. The van der Waals surface area contributed by atoms with Crippen LogP contribution < -0.4 is 5.73 Å². The summed E-state index contributed by atoms with van der Waals surface area (Å²) in [5.74, 6) is -0.326. The lowest BCUT2D eigenvalue weighted by Crippen LogP contribution is -2.09. The zero-order valence-electron chi connectivity index (χ0n) is 8.92. The van der Waals surface area contributed by atoms with Gasteiger partial charge in [-0.2, -0.15) is 0 Å². The van der Waals surface area contributed by atoms with Gasteiger partial charge in [0.05, 0.1) is 4.92 Å². The lowest BCUT2D eigenvalue weighted by molar-refractivity contribution is -0.385. The quantitative estimate of drug-likeness (QED) is 0.631. The van der Waals surface area contributed by atoms with E-state index < -0.39 is 4.92 Å². The Hall–Kier alpha value is -1.33. The molecule has 0 aliphatic heterocycles. The predicted molar refractivity (Wildman–Crippen MR) is 63.8 cm³/mol. The second-order valence-corrected chi connectivity index (χ2v) is 3.40. The highest BCUT2D eigenvalue weighted by Crippen LogP contribution is 2.29. The van der Waals surface area contributed by atoms with Crippen LogP contribution in [0.15, 0.2) is 18.2 Å². The Morgan fingerprint density at radius 2 is 2.19 bits per heavy atom. The Labute approximate surface area is 99.8 Å². The van der Waals surface area contributed by atoms with E-state index in [4.69, 9.17) is 5.73 Å². The normalized spacial score (nSPS) is 11.6. The van der Waals surface area contributed by atoms with Crippen molar-refractivity contribution in [1.82, 2.24) is 0 Å². The number of hydrogen-bond donors (Lipinski definition) is 2. The summed E-state index contributed by atoms with van der Waals surface area (Å²) in [5.41, 5.74) is 6.21. The van der Waals surface area contributed by atoms with Gasteiger partial charge in [-0.25, -0.2) is 0 Å². The molecule has 6 heteroatoms. The molecule has 0 aliphatic rings. The van der Waals surface area contributed by atoms with Gasteiger partial charge in [0.15, 0.2) is 5.75 Å². The molecule has 1 aromatic rings. The van der Waals surface area contributed by atoms with Gasteiger partial charge in [-0.15, -0.1) is 12.4 Å². The van der Waals surface area contributed by atoms with Crippen molar-refractivity contribution >= 4 is 18.1 Å². The Balaban J connectivity index is 0.00000225. The number of hydrogen-bond acceptors (Lipinski definition) is 4. The third-order valence-electron chi connectivity index (χ3n) is 2.22. The molecular formula is C10H15ClN2O3. The van der Waals surface area contributed by atoms with E-state index in [2.05, 4.69) is 0 Å². The van der Waals surface area contributed by atoms with Crippen LogP contribution in [0.1, 0.15) is 31.4 Å². The molecule has 3 N–H and O–H groups in total. The third-order valence-corrected chi connectivity index (χ3v) is 2.22. The fourth-order valence-corrected chi connectivity index (χ4v) is 1.40. The van der Waals surface area contributed by atoms with Crippen molar-refractivity contribution in [2.75, 3.05) is 0 Å². The molecule has 0 radical (unpaired) electrons. The Bertz CT molecular complexity index is 371. The Morgan fingerprint density at radius 3 is 2.69 bits per heavy atom. The van der Waals surface area contributed by atoms with E-state index in [9.17, 15) is 15.2 Å². The summed E-state index contributed by atoms with van der Waals surface area (Å²) in [7, 11) is 0. The number of nitro benzene ring substituents is 1.